The van der Waals surface area contributed by atoms with Crippen LogP contribution in [0, 0.1) is 12.8 Å². The third-order valence-electron chi connectivity index (χ3n) is 5.06. The lowest BCUT2D eigenvalue weighted by Crippen LogP contribution is -2.41. The van der Waals surface area contributed by atoms with E-state index in [1.807, 2.05) is 0 Å². The number of hydrogen-bond acceptors (Lipinski definition) is 5. The monoisotopic (exact) mass is 453 g/mol. The number of nitrogens with one attached hydrogen (secondary N) is 2. The maximum Gasteiger partial charge on any atom is 0.262 e. The highest BCUT2D eigenvalue weighted by atomic mass is 35.5. The average Bonchev–Trinajstić information content (AvgIpc) is 3.03. The fourth-order valence-corrected chi connectivity index (χ4v) is 4.99. The predicted molar refractivity (Wildman–Crippen MR) is 114 cm³/mol. The van der Waals surface area contributed by atoms with Gasteiger partial charge in [-0.15, -0.1) is 0 Å². The fraction of sp³-hybridized carbons (Fsp3) is 0.421. The van der Waals surface area contributed by atoms with Crippen LogP contribution in [-0.4, -0.2) is 47.2 Å². The molecule has 1 aromatic carbocycles. The molecule has 3 rings (SSSR count). The Morgan fingerprint density at radius 3 is 2.40 bits per heavy atom. The van der Waals surface area contributed by atoms with Crippen LogP contribution in [0.5, 0.6) is 0 Å². The normalized spacial score (nSPS) is 15.7. The van der Waals surface area contributed by atoms with E-state index in [-0.39, 0.29) is 35.8 Å². The van der Waals surface area contributed by atoms with E-state index in [9.17, 15) is 18.0 Å². The van der Waals surface area contributed by atoms with E-state index in [1.54, 1.807) is 36.7 Å². The maximum absolute atomic E-state index is 12.8. The minimum atomic E-state index is -3.67. The van der Waals surface area contributed by atoms with Gasteiger partial charge in [0.2, 0.25) is 11.8 Å². The van der Waals surface area contributed by atoms with Crippen LogP contribution >= 0.6 is 11.6 Å². The van der Waals surface area contributed by atoms with Gasteiger partial charge in [-0.2, -0.15) is 4.31 Å². The Morgan fingerprint density at radius 1 is 1.20 bits per heavy atom. The Labute approximate surface area is 180 Å². The van der Waals surface area contributed by atoms with Crippen molar-refractivity contribution in [2.24, 2.45) is 13.0 Å². The quantitative estimate of drug-likeness (QED) is 0.721. The summed E-state index contributed by atoms with van der Waals surface area (Å²) in [5.74, 6) is -0.123. The Kier molecular flexibility index (Phi) is 6.49. The number of carbonyl (C=O) groups is 2. The molecule has 2 N–H and O–H groups in total. The van der Waals surface area contributed by atoms with Crippen LogP contribution < -0.4 is 10.6 Å². The zero-order valence-electron chi connectivity index (χ0n) is 17.0. The van der Waals surface area contributed by atoms with Crippen LogP contribution in [0.15, 0.2) is 29.4 Å². The van der Waals surface area contributed by atoms with Crippen LogP contribution in [0.3, 0.4) is 0 Å². The molecule has 0 bridgehead atoms. The first-order chi connectivity index (χ1) is 14.1. The number of halogens is 1. The summed E-state index contributed by atoms with van der Waals surface area (Å²) >= 11 is 6.14. The van der Waals surface area contributed by atoms with Gasteiger partial charge in [-0.1, -0.05) is 11.6 Å². The number of hydrogen-bond donors (Lipinski definition) is 2. The predicted octanol–water partition coefficient (Wildman–Crippen LogP) is 2.38. The summed E-state index contributed by atoms with van der Waals surface area (Å²) < 4.78 is 28.6. The number of rotatable bonds is 5. The molecule has 0 aliphatic carbocycles. The third kappa shape index (κ3) is 4.82. The molecule has 1 aliphatic heterocycles. The molecule has 0 saturated carbocycles. The van der Waals surface area contributed by atoms with Gasteiger partial charge in [-0.05, 0) is 38.0 Å². The zero-order chi connectivity index (χ0) is 22.1. The maximum atomic E-state index is 12.8. The first kappa shape index (κ1) is 22.3. The standard InChI is InChI=1S/C19H24ClN5O4S/c1-12-21-18(11-24(12)3)30(28,29)25-8-6-14(7-9-25)19(27)23-15-4-5-17(16(20)10-15)22-13(2)26/h4-5,10-11,14H,6-9H2,1-3H3,(H,22,26)(H,23,27). The molecule has 1 fully saturated rings. The van der Waals surface area contributed by atoms with Crippen LogP contribution in [0.4, 0.5) is 11.4 Å². The molecule has 1 aromatic heterocycles. The van der Waals surface area contributed by atoms with Crippen molar-refractivity contribution in [3.05, 3.63) is 35.2 Å². The summed E-state index contributed by atoms with van der Waals surface area (Å²) in [5.41, 5.74) is 0.976. The largest absolute Gasteiger partial charge is 0.337 e. The van der Waals surface area contributed by atoms with Gasteiger partial charge in [0.05, 0.1) is 10.7 Å². The van der Waals surface area contributed by atoms with Crippen molar-refractivity contribution in [1.29, 1.82) is 0 Å². The number of nitrogens with zero attached hydrogens (tertiary/aromatic N) is 3. The van der Waals surface area contributed by atoms with Gasteiger partial charge < -0.3 is 15.2 Å². The molecular formula is C19H24ClN5O4S. The summed E-state index contributed by atoms with van der Waals surface area (Å²) in [6.07, 6.45) is 2.32. The van der Waals surface area contributed by atoms with Crippen molar-refractivity contribution in [1.82, 2.24) is 13.9 Å². The van der Waals surface area contributed by atoms with Crippen LogP contribution in [-0.2, 0) is 26.7 Å². The molecule has 2 amide bonds. The SMILES string of the molecule is CC(=O)Nc1ccc(NC(=O)C2CCN(S(=O)(=O)c3cn(C)c(C)n3)CC2)cc1Cl. The Bertz CT molecular complexity index is 1060. The van der Waals surface area contributed by atoms with Gasteiger partial charge in [-0.3, -0.25) is 9.59 Å². The summed E-state index contributed by atoms with van der Waals surface area (Å²) in [6.45, 7) is 3.62. The lowest BCUT2D eigenvalue weighted by molar-refractivity contribution is -0.121. The van der Waals surface area contributed by atoms with Crippen LogP contribution in [0.1, 0.15) is 25.6 Å². The molecule has 0 unspecified atom stereocenters. The molecule has 2 heterocycles. The van der Waals surface area contributed by atoms with Crippen LogP contribution in [0.25, 0.3) is 0 Å². The number of piperidine rings is 1. The molecule has 2 aromatic rings. The Morgan fingerprint density at radius 2 is 1.87 bits per heavy atom. The number of aromatic nitrogens is 2. The number of sulfonamides is 1. The Hall–Kier alpha value is -2.43. The van der Waals surface area contributed by atoms with Gasteiger partial charge in [-0.25, -0.2) is 13.4 Å². The molecule has 0 spiro atoms. The van der Waals surface area contributed by atoms with Crippen molar-refractivity contribution in [3.63, 3.8) is 0 Å². The summed E-state index contributed by atoms with van der Waals surface area (Å²) in [7, 11) is -1.93. The van der Waals surface area contributed by atoms with E-state index in [2.05, 4.69) is 15.6 Å². The number of imidazole rings is 1. The van der Waals surface area contributed by atoms with Gasteiger partial charge in [0.15, 0.2) is 5.03 Å². The molecule has 0 radical (unpaired) electrons. The van der Waals surface area contributed by atoms with Crippen molar-refractivity contribution in [3.8, 4) is 0 Å². The molecule has 9 nitrogen and oxygen atoms in total. The highest BCUT2D eigenvalue weighted by Crippen LogP contribution is 2.28. The summed E-state index contributed by atoms with van der Waals surface area (Å²) in [6, 6.07) is 4.83. The van der Waals surface area contributed by atoms with Gasteiger partial charge in [0, 0.05) is 44.9 Å². The molecule has 1 saturated heterocycles. The second kappa shape index (κ2) is 8.75. The number of anilines is 2. The van der Waals surface area contributed by atoms with E-state index in [0.29, 0.717) is 35.1 Å². The van der Waals surface area contributed by atoms with Crippen molar-refractivity contribution in [2.45, 2.75) is 31.7 Å². The third-order valence-corrected chi connectivity index (χ3v) is 7.15. The van der Waals surface area contributed by atoms with Crippen molar-refractivity contribution in [2.75, 3.05) is 23.7 Å². The number of benzene rings is 1. The smallest absolute Gasteiger partial charge is 0.262 e. The van der Waals surface area contributed by atoms with Crippen molar-refractivity contribution >= 4 is 44.8 Å². The summed E-state index contributed by atoms with van der Waals surface area (Å²) in [5, 5.41) is 5.75. The first-order valence-electron chi connectivity index (χ1n) is 9.46. The zero-order valence-corrected chi connectivity index (χ0v) is 18.5. The Balaban J connectivity index is 1.60. The lowest BCUT2D eigenvalue weighted by Gasteiger charge is -2.30. The molecule has 30 heavy (non-hydrogen) atoms. The average molecular weight is 454 g/mol. The number of carbonyl (C=O) groups excluding carboxylic acids is 2. The van der Waals surface area contributed by atoms with E-state index < -0.39 is 10.0 Å². The number of aryl methyl sites for hydroxylation is 2. The van der Waals surface area contributed by atoms with Gasteiger partial charge in [0.25, 0.3) is 10.0 Å². The van der Waals surface area contributed by atoms with E-state index in [4.69, 9.17) is 11.6 Å². The molecular weight excluding hydrogens is 430 g/mol. The van der Waals surface area contributed by atoms with Gasteiger partial charge in [0.1, 0.15) is 5.82 Å². The minimum Gasteiger partial charge on any atom is -0.337 e. The highest BCUT2D eigenvalue weighted by molar-refractivity contribution is 7.89. The molecule has 1 aliphatic rings. The lowest BCUT2D eigenvalue weighted by atomic mass is 9.97. The van der Waals surface area contributed by atoms with E-state index in [0.717, 1.165) is 0 Å². The van der Waals surface area contributed by atoms with Crippen molar-refractivity contribution < 1.29 is 18.0 Å². The van der Waals surface area contributed by atoms with E-state index in [1.165, 1.54) is 17.4 Å². The minimum absolute atomic E-state index is 0.0271. The van der Waals surface area contributed by atoms with Gasteiger partial charge >= 0.3 is 0 Å². The fourth-order valence-electron chi connectivity index (χ4n) is 3.27. The molecule has 11 heteroatoms. The summed E-state index contributed by atoms with van der Waals surface area (Å²) in [4.78, 5) is 27.9. The second-order valence-electron chi connectivity index (χ2n) is 7.28. The topological polar surface area (TPSA) is 113 Å². The molecule has 162 valence electrons. The second-order valence-corrected chi connectivity index (χ2v) is 9.57. The first-order valence-corrected chi connectivity index (χ1v) is 11.3. The van der Waals surface area contributed by atoms with E-state index >= 15 is 0 Å². The number of amides is 2. The van der Waals surface area contributed by atoms with Crippen LogP contribution in [0.2, 0.25) is 5.02 Å². The molecule has 0 atom stereocenters. The highest BCUT2D eigenvalue weighted by Gasteiger charge is 2.33.